The van der Waals surface area contributed by atoms with Crippen LogP contribution in [0.25, 0.3) is 0 Å². The molecule has 1 aliphatic heterocycles. The van der Waals surface area contributed by atoms with Gasteiger partial charge in [0.2, 0.25) is 5.91 Å². The summed E-state index contributed by atoms with van der Waals surface area (Å²) < 4.78 is 4.90. The summed E-state index contributed by atoms with van der Waals surface area (Å²) in [7, 11) is 0. The maximum Gasteiger partial charge on any atom is 0.307 e. The number of nitrogens with zero attached hydrogens (tertiary/aromatic N) is 1. The van der Waals surface area contributed by atoms with Crippen molar-refractivity contribution < 1.29 is 14.3 Å². The lowest BCUT2D eigenvalue weighted by Gasteiger charge is -2.32. The predicted octanol–water partition coefficient (Wildman–Crippen LogP) is 0.940. The number of esters is 1. The van der Waals surface area contributed by atoms with Gasteiger partial charge < -0.3 is 15.0 Å². The molecule has 1 aliphatic rings. The summed E-state index contributed by atoms with van der Waals surface area (Å²) in [5.74, 6) is -0.368. The van der Waals surface area contributed by atoms with Gasteiger partial charge in [-0.2, -0.15) is 0 Å². The third-order valence-electron chi connectivity index (χ3n) is 3.27. The fourth-order valence-electron chi connectivity index (χ4n) is 2.30. The molecule has 1 fully saturated rings. The summed E-state index contributed by atoms with van der Waals surface area (Å²) in [4.78, 5) is 25.6. The molecular weight excluding hydrogens is 256 g/mol. The molecule has 1 atom stereocenters. The first-order valence-electron chi connectivity index (χ1n) is 6.92. The van der Waals surface area contributed by atoms with E-state index in [9.17, 15) is 9.59 Å². The molecule has 5 heteroatoms. The summed E-state index contributed by atoms with van der Waals surface area (Å²) in [6.07, 6.45) is 0.0952. The van der Waals surface area contributed by atoms with E-state index in [1.165, 1.54) is 0 Å². The van der Waals surface area contributed by atoms with Crippen LogP contribution in [0.5, 0.6) is 0 Å². The number of carbonyl (C=O) groups excluding carboxylic acids is 2. The van der Waals surface area contributed by atoms with Crippen LogP contribution in [0.15, 0.2) is 30.3 Å². The minimum Gasteiger partial charge on any atom is -0.466 e. The van der Waals surface area contributed by atoms with Crippen LogP contribution in [-0.2, 0) is 20.9 Å². The van der Waals surface area contributed by atoms with Gasteiger partial charge in [-0.15, -0.1) is 0 Å². The Bertz CT molecular complexity index is 461. The topological polar surface area (TPSA) is 58.6 Å². The Balaban J connectivity index is 1.94. The number of hydrogen-bond donors (Lipinski definition) is 1. The van der Waals surface area contributed by atoms with E-state index in [4.69, 9.17) is 4.74 Å². The number of hydrogen-bond acceptors (Lipinski definition) is 4. The molecule has 1 amide bonds. The van der Waals surface area contributed by atoms with Crippen molar-refractivity contribution >= 4 is 11.9 Å². The number of amides is 1. The summed E-state index contributed by atoms with van der Waals surface area (Å²) in [5.41, 5.74) is 1.10. The Kier molecular flexibility index (Phi) is 5.12. The van der Waals surface area contributed by atoms with Gasteiger partial charge in [-0.3, -0.25) is 9.59 Å². The van der Waals surface area contributed by atoms with Crippen molar-refractivity contribution in [3.63, 3.8) is 0 Å². The SMILES string of the molecule is CCOC(=O)CC1NCCN(Cc2ccccc2)C1=O. The van der Waals surface area contributed by atoms with Crippen LogP contribution in [0.4, 0.5) is 0 Å². The lowest BCUT2D eigenvalue weighted by atomic mass is 10.1. The molecule has 108 valence electrons. The molecule has 1 unspecified atom stereocenters. The summed E-state index contributed by atoms with van der Waals surface area (Å²) in [6.45, 7) is 4.04. The Morgan fingerprint density at radius 2 is 2.15 bits per heavy atom. The van der Waals surface area contributed by atoms with Gasteiger partial charge in [0.1, 0.15) is 0 Å². The van der Waals surface area contributed by atoms with Crippen LogP contribution >= 0.6 is 0 Å². The number of benzene rings is 1. The van der Waals surface area contributed by atoms with Crippen LogP contribution in [0.2, 0.25) is 0 Å². The van der Waals surface area contributed by atoms with Crippen LogP contribution in [0.1, 0.15) is 18.9 Å². The molecule has 0 saturated carbocycles. The van der Waals surface area contributed by atoms with E-state index >= 15 is 0 Å². The van der Waals surface area contributed by atoms with Gasteiger partial charge in [0.05, 0.1) is 19.1 Å². The molecule has 1 heterocycles. The molecule has 0 spiro atoms. The third-order valence-corrected chi connectivity index (χ3v) is 3.27. The first-order chi connectivity index (χ1) is 9.70. The van der Waals surface area contributed by atoms with Crippen LogP contribution < -0.4 is 5.32 Å². The van der Waals surface area contributed by atoms with Gasteiger partial charge in [0, 0.05) is 19.6 Å². The zero-order valence-corrected chi connectivity index (χ0v) is 11.7. The van der Waals surface area contributed by atoms with Crippen LogP contribution in [0, 0.1) is 0 Å². The second-order valence-corrected chi connectivity index (χ2v) is 4.76. The van der Waals surface area contributed by atoms with E-state index in [1.807, 2.05) is 30.3 Å². The van der Waals surface area contributed by atoms with Crippen molar-refractivity contribution in [3.8, 4) is 0 Å². The molecule has 0 aliphatic carbocycles. The molecule has 2 rings (SSSR count). The van der Waals surface area contributed by atoms with E-state index in [0.717, 1.165) is 5.56 Å². The predicted molar refractivity (Wildman–Crippen MR) is 74.9 cm³/mol. The highest BCUT2D eigenvalue weighted by Crippen LogP contribution is 2.11. The molecular formula is C15H20N2O3. The molecule has 0 bridgehead atoms. The van der Waals surface area contributed by atoms with Gasteiger partial charge >= 0.3 is 5.97 Å². The molecule has 1 N–H and O–H groups in total. The highest BCUT2D eigenvalue weighted by atomic mass is 16.5. The van der Waals surface area contributed by atoms with Crippen LogP contribution in [-0.4, -0.2) is 42.5 Å². The largest absolute Gasteiger partial charge is 0.466 e. The Labute approximate surface area is 118 Å². The van der Waals surface area contributed by atoms with Crippen molar-refractivity contribution in [1.29, 1.82) is 0 Å². The standard InChI is InChI=1S/C15H20N2O3/c1-2-20-14(18)10-13-15(19)17(9-8-16-13)11-12-6-4-3-5-7-12/h3-7,13,16H,2,8-11H2,1H3. The summed E-state index contributed by atoms with van der Waals surface area (Å²) in [6, 6.07) is 9.39. The van der Waals surface area contributed by atoms with Crippen molar-refractivity contribution in [2.75, 3.05) is 19.7 Å². The lowest BCUT2D eigenvalue weighted by Crippen LogP contribution is -2.55. The quantitative estimate of drug-likeness (QED) is 0.813. The van der Waals surface area contributed by atoms with Gasteiger partial charge in [-0.25, -0.2) is 0 Å². The molecule has 0 radical (unpaired) electrons. The van der Waals surface area contributed by atoms with Crippen molar-refractivity contribution in [1.82, 2.24) is 10.2 Å². The Hall–Kier alpha value is -1.88. The molecule has 1 aromatic rings. The number of nitrogens with one attached hydrogen (secondary N) is 1. The maximum absolute atomic E-state index is 12.3. The zero-order valence-electron chi connectivity index (χ0n) is 11.7. The Morgan fingerprint density at radius 1 is 1.40 bits per heavy atom. The van der Waals surface area contributed by atoms with Crippen molar-refractivity contribution in [2.45, 2.75) is 25.9 Å². The number of piperazine rings is 1. The molecule has 5 nitrogen and oxygen atoms in total. The first kappa shape index (κ1) is 14.5. The number of carbonyl (C=O) groups is 2. The summed E-state index contributed by atoms with van der Waals surface area (Å²) >= 11 is 0. The van der Waals surface area contributed by atoms with E-state index in [0.29, 0.717) is 26.2 Å². The van der Waals surface area contributed by atoms with E-state index in [1.54, 1.807) is 11.8 Å². The van der Waals surface area contributed by atoms with E-state index in [-0.39, 0.29) is 18.3 Å². The minimum atomic E-state index is -0.466. The van der Waals surface area contributed by atoms with Crippen molar-refractivity contribution in [3.05, 3.63) is 35.9 Å². The second-order valence-electron chi connectivity index (χ2n) is 4.76. The summed E-state index contributed by atoms with van der Waals surface area (Å²) in [5, 5.41) is 3.08. The van der Waals surface area contributed by atoms with Gasteiger partial charge in [0.25, 0.3) is 0 Å². The average molecular weight is 276 g/mol. The number of ether oxygens (including phenoxy) is 1. The third kappa shape index (κ3) is 3.81. The van der Waals surface area contributed by atoms with E-state index < -0.39 is 6.04 Å². The first-order valence-corrected chi connectivity index (χ1v) is 6.92. The fourth-order valence-corrected chi connectivity index (χ4v) is 2.30. The number of rotatable bonds is 5. The maximum atomic E-state index is 12.3. The minimum absolute atomic E-state index is 0.0341. The monoisotopic (exact) mass is 276 g/mol. The van der Waals surface area contributed by atoms with Gasteiger partial charge in [0.15, 0.2) is 0 Å². The molecule has 20 heavy (non-hydrogen) atoms. The molecule has 1 saturated heterocycles. The Morgan fingerprint density at radius 3 is 2.85 bits per heavy atom. The average Bonchev–Trinajstić information content (AvgIpc) is 2.45. The molecule has 1 aromatic carbocycles. The molecule has 0 aromatic heterocycles. The van der Waals surface area contributed by atoms with Gasteiger partial charge in [-0.05, 0) is 12.5 Å². The van der Waals surface area contributed by atoms with Crippen molar-refractivity contribution in [2.24, 2.45) is 0 Å². The van der Waals surface area contributed by atoms with E-state index in [2.05, 4.69) is 5.32 Å². The van der Waals surface area contributed by atoms with Gasteiger partial charge in [-0.1, -0.05) is 30.3 Å². The second kappa shape index (κ2) is 7.05. The lowest BCUT2D eigenvalue weighted by molar-refractivity contribution is -0.148. The highest BCUT2D eigenvalue weighted by molar-refractivity contribution is 5.87. The fraction of sp³-hybridized carbons (Fsp3) is 0.467. The smallest absolute Gasteiger partial charge is 0.307 e. The normalized spacial score (nSPS) is 18.9. The highest BCUT2D eigenvalue weighted by Gasteiger charge is 2.30. The van der Waals surface area contributed by atoms with Crippen LogP contribution in [0.3, 0.4) is 0 Å². The zero-order chi connectivity index (χ0) is 14.4.